The van der Waals surface area contributed by atoms with Gasteiger partial charge in [0.25, 0.3) is 5.91 Å². The number of nitrogens with one attached hydrogen (secondary N) is 1. The van der Waals surface area contributed by atoms with Gasteiger partial charge in [-0.15, -0.1) is 11.3 Å². The van der Waals surface area contributed by atoms with Crippen molar-refractivity contribution < 1.29 is 14.3 Å². The van der Waals surface area contributed by atoms with Crippen LogP contribution in [-0.2, 0) is 22.4 Å². The third-order valence-corrected chi connectivity index (χ3v) is 5.72. The van der Waals surface area contributed by atoms with Gasteiger partial charge in [-0.1, -0.05) is 6.42 Å². The second kappa shape index (κ2) is 6.82. The number of fused-ring (bicyclic) bond motifs is 1. The van der Waals surface area contributed by atoms with Crippen molar-refractivity contribution in [2.24, 2.45) is 5.92 Å². The lowest BCUT2D eigenvalue weighted by Gasteiger charge is -2.12. The first-order valence-corrected chi connectivity index (χ1v) is 9.03. The van der Waals surface area contributed by atoms with E-state index in [9.17, 15) is 9.59 Å². The number of carbonyl (C=O) groups excluding carboxylic acids is 2. The van der Waals surface area contributed by atoms with Crippen molar-refractivity contribution >= 4 is 23.2 Å². The topological polar surface area (TPSA) is 55.4 Å². The van der Waals surface area contributed by atoms with E-state index in [1.807, 2.05) is 13.0 Å². The van der Waals surface area contributed by atoms with E-state index in [1.54, 1.807) is 0 Å². The molecular weight excluding hydrogens is 298 g/mol. The zero-order chi connectivity index (χ0) is 15.5. The van der Waals surface area contributed by atoms with Crippen molar-refractivity contribution in [1.82, 2.24) is 5.32 Å². The minimum absolute atomic E-state index is 0.182. The molecule has 0 aliphatic heterocycles. The van der Waals surface area contributed by atoms with Crippen LogP contribution >= 0.6 is 11.3 Å². The molecule has 5 heteroatoms. The SMILES string of the molecule is C[C@H](NC(=O)COC(=O)c1cc2c(s1)CCCCC2)C1CC1. The van der Waals surface area contributed by atoms with Crippen LogP contribution in [0.25, 0.3) is 0 Å². The van der Waals surface area contributed by atoms with E-state index in [2.05, 4.69) is 5.32 Å². The zero-order valence-electron chi connectivity index (χ0n) is 13.0. The fraction of sp³-hybridized carbons (Fsp3) is 0.647. The van der Waals surface area contributed by atoms with E-state index in [4.69, 9.17) is 4.74 Å². The maximum atomic E-state index is 12.1. The molecule has 1 amide bonds. The fourth-order valence-electron chi connectivity index (χ4n) is 2.98. The second-order valence-corrected chi connectivity index (χ2v) is 7.53. The van der Waals surface area contributed by atoms with E-state index in [1.165, 1.54) is 53.9 Å². The summed E-state index contributed by atoms with van der Waals surface area (Å²) in [4.78, 5) is 25.8. The van der Waals surface area contributed by atoms with Crippen molar-refractivity contribution in [2.45, 2.75) is 57.9 Å². The zero-order valence-corrected chi connectivity index (χ0v) is 13.8. The molecule has 3 rings (SSSR count). The number of ether oxygens (including phenoxy) is 1. The fourth-order valence-corrected chi connectivity index (χ4v) is 4.13. The normalized spacial score (nSPS) is 19.0. The van der Waals surface area contributed by atoms with Gasteiger partial charge in [0.05, 0.1) is 0 Å². The van der Waals surface area contributed by atoms with Crippen LogP contribution < -0.4 is 5.32 Å². The molecule has 0 aromatic carbocycles. The first-order chi connectivity index (χ1) is 10.6. The van der Waals surface area contributed by atoms with Crippen LogP contribution in [0.3, 0.4) is 0 Å². The quantitative estimate of drug-likeness (QED) is 0.670. The van der Waals surface area contributed by atoms with Crippen molar-refractivity contribution in [3.63, 3.8) is 0 Å². The minimum Gasteiger partial charge on any atom is -0.451 e. The number of carbonyl (C=O) groups is 2. The first kappa shape index (κ1) is 15.5. The number of hydrogen-bond donors (Lipinski definition) is 1. The lowest BCUT2D eigenvalue weighted by Crippen LogP contribution is -2.37. The molecule has 1 fully saturated rings. The average molecular weight is 321 g/mol. The van der Waals surface area contributed by atoms with Gasteiger partial charge in [0.15, 0.2) is 6.61 Å². The summed E-state index contributed by atoms with van der Waals surface area (Å²) >= 11 is 1.53. The Morgan fingerprint density at radius 1 is 1.32 bits per heavy atom. The Hall–Kier alpha value is -1.36. The Bertz CT molecular complexity index is 539. The Balaban J connectivity index is 1.50. The average Bonchev–Trinajstić information content (AvgIpc) is 3.30. The highest BCUT2D eigenvalue weighted by Gasteiger charge is 2.29. The summed E-state index contributed by atoms with van der Waals surface area (Å²) in [5, 5.41) is 2.89. The van der Waals surface area contributed by atoms with E-state index in [0.717, 1.165) is 12.8 Å². The van der Waals surface area contributed by atoms with E-state index < -0.39 is 0 Å². The van der Waals surface area contributed by atoms with Gasteiger partial charge in [0, 0.05) is 10.9 Å². The van der Waals surface area contributed by atoms with Crippen LogP contribution in [0.1, 0.15) is 59.1 Å². The van der Waals surface area contributed by atoms with E-state index in [-0.39, 0.29) is 24.5 Å². The van der Waals surface area contributed by atoms with Gasteiger partial charge in [0.2, 0.25) is 0 Å². The number of hydrogen-bond acceptors (Lipinski definition) is 4. The summed E-state index contributed by atoms with van der Waals surface area (Å²) in [6.07, 6.45) is 8.14. The molecule has 0 bridgehead atoms. The van der Waals surface area contributed by atoms with Crippen molar-refractivity contribution in [3.8, 4) is 0 Å². The number of esters is 1. The molecule has 22 heavy (non-hydrogen) atoms. The Morgan fingerprint density at radius 2 is 2.09 bits per heavy atom. The summed E-state index contributed by atoms with van der Waals surface area (Å²) < 4.78 is 5.16. The smallest absolute Gasteiger partial charge is 0.348 e. The molecule has 0 unspecified atom stereocenters. The standard InChI is InChI=1S/C17H23NO3S/c1-11(12-7-8-12)18-16(19)10-21-17(20)15-9-13-5-3-2-4-6-14(13)22-15/h9,11-12H,2-8,10H2,1H3,(H,18,19)/t11-/m0/s1. The molecule has 2 aliphatic rings. The molecule has 1 aromatic heterocycles. The van der Waals surface area contributed by atoms with Gasteiger partial charge < -0.3 is 10.1 Å². The summed E-state index contributed by atoms with van der Waals surface area (Å²) in [5.41, 5.74) is 1.29. The largest absolute Gasteiger partial charge is 0.451 e. The van der Waals surface area contributed by atoms with Crippen LogP contribution in [0.15, 0.2) is 6.07 Å². The van der Waals surface area contributed by atoms with Gasteiger partial charge in [-0.2, -0.15) is 0 Å². The van der Waals surface area contributed by atoms with Crippen molar-refractivity contribution in [2.75, 3.05) is 6.61 Å². The Kier molecular flexibility index (Phi) is 4.81. The summed E-state index contributed by atoms with van der Waals surface area (Å²) in [7, 11) is 0. The van der Waals surface area contributed by atoms with Crippen LogP contribution in [0.4, 0.5) is 0 Å². The molecular formula is C17H23NO3S. The van der Waals surface area contributed by atoms with E-state index in [0.29, 0.717) is 10.8 Å². The summed E-state index contributed by atoms with van der Waals surface area (Å²) in [6, 6.07) is 2.14. The lowest BCUT2D eigenvalue weighted by atomic mass is 10.1. The Morgan fingerprint density at radius 3 is 2.86 bits per heavy atom. The van der Waals surface area contributed by atoms with Crippen molar-refractivity contribution in [3.05, 3.63) is 21.4 Å². The monoisotopic (exact) mass is 321 g/mol. The summed E-state index contributed by atoms with van der Waals surface area (Å²) in [6.45, 7) is 1.83. The van der Waals surface area contributed by atoms with Gasteiger partial charge in [-0.25, -0.2) is 4.79 Å². The highest BCUT2D eigenvalue weighted by molar-refractivity contribution is 7.14. The molecule has 0 radical (unpaired) electrons. The first-order valence-electron chi connectivity index (χ1n) is 8.21. The number of rotatable bonds is 5. The highest BCUT2D eigenvalue weighted by Crippen LogP contribution is 2.32. The maximum absolute atomic E-state index is 12.1. The van der Waals surface area contributed by atoms with Crippen molar-refractivity contribution in [1.29, 1.82) is 0 Å². The van der Waals surface area contributed by atoms with Gasteiger partial charge in [0.1, 0.15) is 4.88 Å². The number of aryl methyl sites for hydroxylation is 2. The number of thiophene rings is 1. The maximum Gasteiger partial charge on any atom is 0.348 e. The molecule has 4 nitrogen and oxygen atoms in total. The Labute approximate surface area is 135 Å². The van der Waals surface area contributed by atoms with E-state index >= 15 is 0 Å². The summed E-state index contributed by atoms with van der Waals surface area (Å²) in [5.74, 6) is 0.0331. The molecule has 1 atom stereocenters. The minimum atomic E-state index is -0.368. The van der Waals surface area contributed by atoms with Crippen LogP contribution in [0.5, 0.6) is 0 Å². The number of amides is 1. The third-order valence-electron chi connectivity index (χ3n) is 4.50. The molecule has 2 aliphatic carbocycles. The molecule has 1 N–H and O–H groups in total. The second-order valence-electron chi connectivity index (χ2n) is 6.39. The van der Waals surface area contributed by atoms with Gasteiger partial charge >= 0.3 is 5.97 Å². The van der Waals surface area contributed by atoms with Crippen LogP contribution in [-0.4, -0.2) is 24.5 Å². The molecule has 1 heterocycles. The molecule has 0 saturated heterocycles. The lowest BCUT2D eigenvalue weighted by molar-refractivity contribution is -0.124. The predicted molar refractivity (Wildman–Crippen MR) is 86.2 cm³/mol. The molecule has 0 spiro atoms. The third kappa shape index (κ3) is 3.88. The predicted octanol–water partition coefficient (Wildman–Crippen LogP) is 3.09. The van der Waals surface area contributed by atoms with Crippen LogP contribution in [0, 0.1) is 5.92 Å². The molecule has 1 aromatic rings. The van der Waals surface area contributed by atoms with Gasteiger partial charge in [-0.3, -0.25) is 4.79 Å². The molecule has 120 valence electrons. The highest BCUT2D eigenvalue weighted by atomic mass is 32.1. The molecule has 1 saturated carbocycles. The van der Waals surface area contributed by atoms with Crippen LogP contribution in [0.2, 0.25) is 0 Å². The van der Waals surface area contributed by atoms with Gasteiger partial charge in [-0.05, 0) is 63.0 Å².